The molecule has 2 N–H and O–H groups in total. The van der Waals surface area contributed by atoms with Crippen molar-refractivity contribution in [2.45, 2.75) is 31.5 Å². The van der Waals surface area contributed by atoms with Gasteiger partial charge in [0.1, 0.15) is 23.1 Å². The Bertz CT molecular complexity index is 491. The summed E-state index contributed by atoms with van der Waals surface area (Å²) in [6.07, 6.45) is 1.33. The van der Waals surface area contributed by atoms with Crippen LogP contribution >= 0.6 is 11.8 Å². The Balaban J connectivity index is 2.57. The lowest BCUT2D eigenvalue weighted by Crippen LogP contribution is -2.25. The van der Waals surface area contributed by atoms with Gasteiger partial charge in [-0.1, -0.05) is 11.8 Å². The van der Waals surface area contributed by atoms with Crippen LogP contribution in [0.25, 0.3) is 0 Å². The third-order valence-electron chi connectivity index (χ3n) is 1.66. The molecule has 0 aliphatic carbocycles. The summed E-state index contributed by atoms with van der Waals surface area (Å²) in [4.78, 5) is 19.3. The molecule has 1 aromatic heterocycles. The van der Waals surface area contributed by atoms with Crippen molar-refractivity contribution < 1.29 is 9.53 Å². The van der Waals surface area contributed by atoms with Crippen LogP contribution in [-0.4, -0.2) is 27.3 Å². The lowest BCUT2D eigenvalue weighted by atomic mass is 10.2. The molecule has 0 radical (unpaired) electrons. The fraction of sp³-hybridized carbons (Fsp3) is 0.455. The maximum Gasteiger partial charge on any atom is 0.316 e. The van der Waals surface area contributed by atoms with Gasteiger partial charge in [0, 0.05) is 0 Å². The Hall–Kier alpha value is -1.81. The van der Waals surface area contributed by atoms with Crippen molar-refractivity contribution in [2.75, 3.05) is 11.5 Å². The number of nitrogens with zero attached hydrogens (tertiary/aromatic N) is 3. The van der Waals surface area contributed by atoms with Gasteiger partial charge in [-0.15, -0.1) is 0 Å². The minimum Gasteiger partial charge on any atom is -0.459 e. The number of ether oxygens (including phenoxy) is 1. The lowest BCUT2D eigenvalue weighted by molar-refractivity contribution is -0.151. The van der Waals surface area contributed by atoms with Crippen molar-refractivity contribution in [1.82, 2.24) is 9.97 Å². The Kier molecular flexibility index (Phi) is 4.50. The summed E-state index contributed by atoms with van der Waals surface area (Å²) in [7, 11) is 0. The zero-order valence-electron chi connectivity index (χ0n) is 10.4. The van der Waals surface area contributed by atoms with Gasteiger partial charge in [-0.3, -0.25) is 4.79 Å². The van der Waals surface area contributed by atoms with Crippen molar-refractivity contribution in [3.8, 4) is 6.07 Å². The van der Waals surface area contributed by atoms with E-state index in [9.17, 15) is 4.79 Å². The number of nitrogen functional groups attached to an aromatic ring is 1. The number of anilines is 1. The first-order valence-corrected chi connectivity index (χ1v) is 6.17. The van der Waals surface area contributed by atoms with E-state index in [-0.39, 0.29) is 23.1 Å². The van der Waals surface area contributed by atoms with Crippen LogP contribution in [0.1, 0.15) is 26.3 Å². The van der Waals surface area contributed by atoms with Gasteiger partial charge < -0.3 is 10.5 Å². The van der Waals surface area contributed by atoms with E-state index in [1.54, 1.807) is 20.8 Å². The van der Waals surface area contributed by atoms with Gasteiger partial charge in [0.25, 0.3) is 0 Å². The molecule has 0 fully saturated rings. The molecule has 1 aromatic rings. The average molecular weight is 266 g/mol. The molecule has 1 heterocycles. The molecule has 0 aromatic carbocycles. The molecule has 0 amide bonds. The van der Waals surface area contributed by atoms with Crippen LogP contribution in [0.2, 0.25) is 0 Å². The standard InChI is InChI=1S/C11H14N4O2S/c1-11(2,3)17-8(16)6-18-10-14-5-7(4-12)9(13)15-10/h5H,6H2,1-3H3,(H2,13,14,15). The second-order valence-corrected chi connectivity index (χ2v) is 5.38. The van der Waals surface area contributed by atoms with Gasteiger partial charge in [-0.2, -0.15) is 5.26 Å². The van der Waals surface area contributed by atoms with Gasteiger partial charge in [0.05, 0.1) is 11.9 Å². The third kappa shape index (κ3) is 4.59. The topological polar surface area (TPSA) is 102 Å². The predicted octanol–water partition coefficient (Wildman–Crippen LogP) is 1.36. The van der Waals surface area contributed by atoms with Crippen LogP contribution in [0.15, 0.2) is 11.4 Å². The van der Waals surface area contributed by atoms with E-state index in [1.165, 1.54) is 6.20 Å². The Morgan fingerprint density at radius 2 is 2.28 bits per heavy atom. The minimum atomic E-state index is -0.512. The molecule has 0 aliphatic rings. The van der Waals surface area contributed by atoms with Crippen LogP contribution in [0, 0.1) is 11.3 Å². The SMILES string of the molecule is CC(C)(C)OC(=O)CSc1ncc(C#N)c(N)n1. The van der Waals surface area contributed by atoms with E-state index in [1.807, 2.05) is 6.07 Å². The highest BCUT2D eigenvalue weighted by Gasteiger charge is 2.16. The number of esters is 1. The summed E-state index contributed by atoms with van der Waals surface area (Å²) in [5.41, 5.74) is 5.24. The van der Waals surface area contributed by atoms with Crippen LogP contribution in [0.3, 0.4) is 0 Å². The number of rotatable bonds is 3. The number of thioether (sulfide) groups is 1. The third-order valence-corrected chi connectivity index (χ3v) is 2.49. The Morgan fingerprint density at radius 3 is 2.78 bits per heavy atom. The number of nitrogens with two attached hydrogens (primary N) is 1. The van der Waals surface area contributed by atoms with Gasteiger partial charge >= 0.3 is 5.97 Å². The summed E-state index contributed by atoms with van der Waals surface area (Å²) in [5.74, 6) is -0.138. The highest BCUT2D eigenvalue weighted by Crippen LogP contribution is 2.17. The van der Waals surface area contributed by atoms with Crippen molar-refractivity contribution in [1.29, 1.82) is 5.26 Å². The Labute approximate surface area is 110 Å². The van der Waals surface area contributed by atoms with E-state index >= 15 is 0 Å². The smallest absolute Gasteiger partial charge is 0.316 e. The summed E-state index contributed by atoms with van der Waals surface area (Å²) < 4.78 is 5.14. The second-order valence-electron chi connectivity index (χ2n) is 4.44. The molecule has 6 nitrogen and oxygen atoms in total. The first-order valence-electron chi connectivity index (χ1n) is 5.19. The molecular weight excluding hydrogens is 252 g/mol. The maximum absolute atomic E-state index is 11.5. The number of carbonyl (C=O) groups is 1. The zero-order chi connectivity index (χ0) is 13.8. The van der Waals surface area contributed by atoms with Gasteiger partial charge in [-0.05, 0) is 20.8 Å². The minimum absolute atomic E-state index is 0.0998. The van der Waals surface area contributed by atoms with E-state index < -0.39 is 5.60 Å². The van der Waals surface area contributed by atoms with E-state index in [4.69, 9.17) is 15.7 Å². The fourth-order valence-electron chi connectivity index (χ4n) is 1.03. The number of hydrogen-bond donors (Lipinski definition) is 1. The Morgan fingerprint density at radius 1 is 1.61 bits per heavy atom. The fourth-order valence-corrected chi connectivity index (χ4v) is 1.62. The highest BCUT2D eigenvalue weighted by molar-refractivity contribution is 7.99. The van der Waals surface area contributed by atoms with Crippen molar-refractivity contribution in [2.24, 2.45) is 0 Å². The van der Waals surface area contributed by atoms with Gasteiger partial charge in [0.2, 0.25) is 0 Å². The molecule has 0 bridgehead atoms. The molecular formula is C11H14N4O2S. The van der Waals surface area contributed by atoms with E-state index in [0.29, 0.717) is 5.16 Å². The quantitative estimate of drug-likeness (QED) is 0.500. The molecule has 0 atom stereocenters. The summed E-state index contributed by atoms with van der Waals surface area (Å²) >= 11 is 1.12. The first-order chi connectivity index (χ1) is 8.31. The molecule has 0 aliphatic heterocycles. The molecule has 18 heavy (non-hydrogen) atoms. The molecule has 7 heteroatoms. The van der Waals surface area contributed by atoms with Crippen LogP contribution in [0.5, 0.6) is 0 Å². The van der Waals surface area contributed by atoms with Gasteiger partial charge in [0.15, 0.2) is 5.16 Å². The van der Waals surface area contributed by atoms with Gasteiger partial charge in [-0.25, -0.2) is 9.97 Å². The summed E-state index contributed by atoms with van der Waals surface area (Å²) in [6, 6.07) is 1.87. The zero-order valence-corrected chi connectivity index (χ0v) is 11.2. The molecule has 0 saturated carbocycles. The maximum atomic E-state index is 11.5. The number of hydrogen-bond acceptors (Lipinski definition) is 7. The van der Waals surface area contributed by atoms with Crippen molar-refractivity contribution >= 4 is 23.5 Å². The molecule has 0 unspecified atom stereocenters. The first kappa shape index (κ1) is 14.3. The summed E-state index contributed by atoms with van der Waals surface area (Å²) in [6.45, 7) is 5.39. The van der Waals surface area contributed by atoms with E-state index in [0.717, 1.165) is 11.8 Å². The van der Waals surface area contributed by atoms with E-state index in [2.05, 4.69) is 9.97 Å². The monoisotopic (exact) mass is 266 g/mol. The lowest BCUT2D eigenvalue weighted by Gasteiger charge is -2.19. The number of carbonyl (C=O) groups excluding carboxylic acids is 1. The molecule has 0 spiro atoms. The summed E-state index contributed by atoms with van der Waals surface area (Å²) in [5, 5.41) is 9.01. The average Bonchev–Trinajstić information content (AvgIpc) is 2.24. The van der Waals surface area contributed by atoms with Crippen LogP contribution in [-0.2, 0) is 9.53 Å². The normalized spacial score (nSPS) is 10.8. The number of nitriles is 1. The van der Waals surface area contributed by atoms with Crippen LogP contribution in [0.4, 0.5) is 5.82 Å². The van der Waals surface area contributed by atoms with Crippen molar-refractivity contribution in [3.63, 3.8) is 0 Å². The number of aromatic nitrogens is 2. The second kappa shape index (κ2) is 5.69. The predicted molar refractivity (Wildman–Crippen MR) is 67.7 cm³/mol. The molecule has 0 saturated heterocycles. The molecule has 96 valence electrons. The van der Waals surface area contributed by atoms with Crippen molar-refractivity contribution in [3.05, 3.63) is 11.8 Å². The van der Waals surface area contributed by atoms with Crippen LogP contribution < -0.4 is 5.73 Å². The largest absolute Gasteiger partial charge is 0.459 e. The highest BCUT2D eigenvalue weighted by atomic mass is 32.2. The molecule has 1 rings (SSSR count).